The highest BCUT2D eigenvalue weighted by atomic mass is 32.2. The third-order valence-electron chi connectivity index (χ3n) is 2.31. The number of nitrogens with two attached hydrogens (primary N) is 1. The predicted molar refractivity (Wildman–Crippen MR) is 70.9 cm³/mol. The number of nitrogens with zero attached hydrogens (tertiary/aromatic N) is 1. The van der Waals surface area contributed by atoms with Crippen LogP contribution in [-0.4, -0.2) is 16.1 Å². The third kappa shape index (κ3) is 2.81. The van der Waals surface area contributed by atoms with Crippen molar-refractivity contribution in [2.24, 2.45) is 0 Å². The highest BCUT2D eigenvalue weighted by Crippen LogP contribution is 2.30. The van der Waals surface area contributed by atoms with Crippen LogP contribution in [0.3, 0.4) is 0 Å². The van der Waals surface area contributed by atoms with E-state index in [-0.39, 0.29) is 5.69 Å². The third-order valence-corrected chi connectivity index (χ3v) is 3.32. The van der Waals surface area contributed by atoms with E-state index in [0.717, 1.165) is 10.5 Å². The van der Waals surface area contributed by atoms with Crippen molar-refractivity contribution >= 4 is 23.4 Å². The summed E-state index contributed by atoms with van der Waals surface area (Å²) in [7, 11) is 0. The van der Waals surface area contributed by atoms with Crippen molar-refractivity contribution in [3.8, 4) is 0 Å². The summed E-state index contributed by atoms with van der Waals surface area (Å²) in [6.07, 6.45) is 0. The predicted octanol–water partition coefficient (Wildman–Crippen LogP) is 2.82. The lowest BCUT2D eigenvalue weighted by atomic mass is 10.2. The van der Waals surface area contributed by atoms with Crippen LogP contribution in [0.25, 0.3) is 0 Å². The monoisotopic (exact) mass is 260 g/mol. The molecule has 2 aromatic rings. The van der Waals surface area contributed by atoms with Crippen molar-refractivity contribution in [3.05, 3.63) is 47.7 Å². The first kappa shape index (κ1) is 12.4. The van der Waals surface area contributed by atoms with Gasteiger partial charge in [-0.05, 0) is 31.2 Å². The van der Waals surface area contributed by atoms with Gasteiger partial charge >= 0.3 is 5.97 Å². The molecule has 1 heterocycles. The van der Waals surface area contributed by atoms with Gasteiger partial charge in [0.25, 0.3) is 0 Å². The number of pyridine rings is 1. The van der Waals surface area contributed by atoms with Gasteiger partial charge in [0, 0.05) is 4.90 Å². The molecule has 0 saturated heterocycles. The minimum absolute atomic E-state index is 0.000599. The van der Waals surface area contributed by atoms with Crippen molar-refractivity contribution in [1.82, 2.24) is 4.98 Å². The zero-order valence-corrected chi connectivity index (χ0v) is 10.6. The summed E-state index contributed by atoms with van der Waals surface area (Å²) >= 11 is 1.36. The SMILES string of the molecule is Cc1cccc(Sc2nc(C(=O)O)ccc2N)c1. The summed E-state index contributed by atoms with van der Waals surface area (Å²) in [6.45, 7) is 1.99. The first-order valence-corrected chi connectivity index (χ1v) is 6.12. The van der Waals surface area contributed by atoms with E-state index < -0.39 is 5.97 Å². The van der Waals surface area contributed by atoms with Gasteiger partial charge in [0.05, 0.1) is 5.69 Å². The van der Waals surface area contributed by atoms with E-state index in [4.69, 9.17) is 10.8 Å². The van der Waals surface area contributed by atoms with Crippen molar-refractivity contribution in [2.45, 2.75) is 16.8 Å². The number of carboxylic acid groups (broad SMARTS) is 1. The molecule has 0 aliphatic rings. The molecule has 0 aliphatic heterocycles. The van der Waals surface area contributed by atoms with Gasteiger partial charge in [0.1, 0.15) is 10.7 Å². The molecule has 0 unspecified atom stereocenters. The molecule has 2 rings (SSSR count). The Morgan fingerprint density at radius 3 is 2.78 bits per heavy atom. The molecular formula is C13H12N2O2S. The van der Waals surface area contributed by atoms with Crippen molar-refractivity contribution < 1.29 is 9.90 Å². The molecule has 1 aromatic heterocycles. The molecule has 5 heteroatoms. The van der Waals surface area contributed by atoms with Crippen LogP contribution in [0.2, 0.25) is 0 Å². The maximum Gasteiger partial charge on any atom is 0.354 e. The number of hydrogen-bond donors (Lipinski definition) is 2. The lowest BCUT2D eigenvalue weighted by molar-refractivity contribution is 0.0690. The van der Waals surface area contributed by atoms with Gasteiger partial charge in [-0.15, -0.1) is 0 Å². The average Bonchev–Trinajstić information content (AvgIpc) is 2.31. The Morgan fingerprint density at radius 2 is 2.11 bits per heavy atom. The quantitative estimate of drug-likeness (QED) is 0.887. The molecule has 0 aliphatic carbocycles. The molecule has 1 aromatic carbocycles. The van der Waals surface area contributed by atoms with Gasteiger partial charge in [0.2, 0.25) is 0 Å². The minimum atomic E-state index is -1.05. The maximum absolute atomic E-state index is 10.9. The maximum atomic E-state index is 10.9. The molecule has 0 atom stereocenters. The molecule has 0 spiro atoms. The fourth-order valence-corrected chi connectivity index (χ4v) is 2.39. The van der Waals surface area contributed by atoms with Crippen LogP contribution in [0.15, 0.2) is 46.3 Å². The highest BCUT2D eigenvalue weighted by molar-refractivity contribution is 7.99. The zero-order chi connectivity index (χ0) is 13.1. The largest absolute Gasteiger partial charge is 0.477 e. The Balaban J connectivity index is 2.33. The fraction of sp³-hybridized carbons (Fsp3) is 0.0769. The van der Waals surface area contributed by atoms with Crippen molar-refractivity contribution in [3.63, 3.8) is 0 Å². The Morgan fingerprint density at radius 1 is 1.33 bits per heavy atom. The minimum Gasteiger partial charge on any atom is -0.477 e. The Bertz CT molecular complexity index is 599. The van der Waals surface area contributed by atoms with E-state index >= 15 is 0 Å². The van der Waals surface area contributed by atoms with Crippen LogP contribution in [0.4, 0.5) is 5.69 Å². The lowest BCUT2D eigenvalue weighted by Gasteiger charge is -2.06. The normalized spacial score (nSPS) is 10.3. The number of aromatic carboxylic acids is 1. The molecule has 4 nitrogen and oxygen atoms in total. The van der Waals surface area contributed by atoms with E-state index in [1.807, 2.05) is 31.2 Å². The summed E-state index contributed by atoms with van der Waals surface area (Å²) in [4.78, 5) is 15.9. The molecule has 0 saturated carbocycles. The van der Waals surface area contributed by atoms with Crippen molar-refractivity contribution in [2.75, 3.05) is 5.73 Å². The summed E-state index contributed by atoms with van der Waals surface area (Å²) in [6, 6.07) is 10.8. The Hall–Kier alpha value is -2.01. The van der Waals surface area contributed by atoms with Crippen LogP contribution in [-0.2, 0) is 0 Å². The van der Waals surface area contributed by atoms with Crippen LogP contribution in [0.5, 0.6) is 0 Å². The van der Waals surface area contributed by atoms with E-state index in [1.54, 1.807) is 6.07 Å². The number of hydrogen-bond acceptors (Lipinski definition) is 4. The molecule has 0 fully saturated rings. The second-order valence-corrected chi connectivity index (χ2v) is 4.88. The summed E-state index contributed by atoms with van der Waals surface area (Å²) < 4.78 is 0. The summed E-state index contributed by atoms with van der Waals surface area (Å²) in [5, 5.41) is 9.41. The van der Waals surface area contributed by atoms with Crippen LogP contribution < -0.4 is 5.73 Å². The molecule has 92 valence electrons. The van der Waals surface area contributed by atoms with Gasteiger partial charge < -0.3 is 10.8 Å². The molecule has 3 N–H and O–H groups in total. The number of aryl methyl sites for hydroxylation is 1. The Kier molecular flexibility index (Phi) is 3.53. The smallest absolute Gasteiger partial charge is 0.354 e. The van der Waals surface area contributed by atoms with Crippen LogP contribution >= 0.6 is 11.8 Å². The molecule has 0 bridgehead atoms. The molecule has 18 heavy (non-hydrogen) atoms. The summed E-state index contributed by atoms with van der Waals surface area (Å²) in [5.41, 5.74) is 7.41. The number of anilines is 1. The van der Waals surface area contributed by atoms with Crippen LogP contribution in [0, 0.1) is 6.92 Å². The topological polar surface area (TPSA) is 76.2 Å². The number of nitrogen functional groups attached to an aromatic ring is 1. The molecule has 0 amide bonds. The van der Waals surface area contributed by atoms with Gasteiger partial charge in [0.15, 0.2) is 0 Å². The second kappa shape index (κ2) is 5.10. The molecule has 0 radical (unpaired) electrons. The van der Waals surface area contributed by atoms with Gasteiger partial charge in [-0.2, -0.15) is 0 Å². The van der Waals surface area contributed by atoms with Gasteiger partial charge in [-0.3, -0.25) is 0 Å². The standard InChI is InChI=1S/C13H12N2O2S/c1-8-3-2-4-9(7-8)18-12-10(14)5-6-11(15-12)13(16)17/h2-7H,14H2,1H3,(H,16,17). The number of carboxylic acids is 1. The highest BCUT2D eigenvalue weighted by Gasteiger charge is 2.09. The van der Waals surface area contributed by atoms with Crippen LogP contribution in [0.1, 0.15) is 16.1 Å². The first-order chi connectivity index (χ1) is 8.56. The number of rotatable bonds is 3. The van der Waals surface area contributed by atoms with E-state index in [2.05, 4.69) is 4.98 Å². The lowest BCUT2D eigenvalue weighted by Crippen LogP contribution is -2.02. The van der Waals surface area contributed by atoms with Gasteiger partial charge in [-0.25, -0.2) is 9.78 Å². The van der Waals surface area contributed by atoms with Crippen molar-refractivity contribution in [1.29, 1.82) is 0 Å². The number of carbonyl (C=O) groups is 1. The molecular weight excluding hydrogens is 248 g/mol. The number of benzene rings is 1. The first-order valence-electron chi connectivity index (χ1n) is 5.30. The number of aromatic nitrogens is 1. The summed E-state index contributed by atoms with van der Waals surface area (Å²) in [5.74, 6) is -1.05. The second-order valence-electron chi connectivity index (χ2n) is 3.81. The van der Waals surface area contributed by atoms with E-state index in [9.17, 15) is 4.79 Å². The van der Waals surface area contributed by atoms with E-state index in [1.165, 1.54) is 17.8 Å². The zero-order valence-electron chi connectivity index (χ0n) is 9.75. The van der Waals surface area contributed by atoms with Gasteiger partial charge in [-0.1, -0.05) is 29.5 Å². The fourth-order valence-electron chi connectivity index (χ4n) is 1.44. The average molecular weight is 260 g/mol. The Labute approximate surface area is 109 Å². The van der Waals surface area contributed by atoms with E-state index in [0.29, 0.717) is 10.7 Å².